The number of nitrogens with one attached hydrogen (secondary N) is 1. The molecule has 3 N–H and O–H groups in total. The number of alkyl carbamates (subject to hydrolysis) is 1. The molecule has 2 atom stereocenters. The normalized spacial score (nSPS) is 17.1. The minimum atomic E-state index is -3.89. The summed E-state index contributed by atoms with van der Waals surface area (Å²) in [5.74, 6) is -1.14. The fraction of sp³-hybridized carbons (Fsp3) is 0.478. The number of aromatic nitrogens is 2. The third-order valence-electron chi connectivity index (χ3n) is 5.48. The molecule has 35 heavy (non-hydrogen) atoms. The minimum Gasteiger partial charge on any atom is -0.444 e. The molecule has 1 fully saturated rings. The Bertz CT molecular complexity index is 1200. The van der Waals surface area contributed by atoms with Crippen molar-refractivity contribution in [2.24, 2.45) is 5.73 Å². The van der Waals surface area contributed by atoms with Gasteiger partial charge in [0.15, 0.2) is 0 Å². The maximum absolute atomic E-state index is 13.3. The summed E-state index contributed by atoms with van der Waals surface area (Å²) >= 11 is 0. The second kappa shape index (κ2) is 10.1. The standard InChI is InChI=1S/C23H31N5O6S/c1-15-7-9-17(10-8-15)35(32,33)27-13-16(25-14-27)12-18(26-22(31)34-23(2,3)4)21(30)28-11-5-6-19(28)20(24)29/h7-10,13-14,18-19H,5-6,11-12H2,1-4H3,(H2,24,29)(H,26,31). The molecule has 1 saturated heterocycles. The first-order chi connectivity index (χ1) is 16.3. The van der Waals surface area contributed by atoms with Crippen molar-refractivity contribution in [2.45, 2.75) is 69.5 Å². The van der Waals surface area contributed by atoms with Gasteiger partial charge < -0.3 is 20.7 Å². The molecule has 190 valence electrons. The number of ether oxygens (including phenoxy) is 1. The van der Waals surface area contributed by atoms with Crippen LogP contribution in [0.3, 0.4) is 0 Å². The minimum absolute atomic E-state index is 0.0907. The molecule has 2 unspecified atom stereocenters. The molecular weight excluding hydrogens is 474 g/mol. The maximum atomic E-state index is 13.3. The van der Waals surface area contributed by atoms with Gasteiger partial charge in [-0.05, 0) is 52.7 Å². The van der Waals surface area contributed by atoms with Crippen molar-refractivity contribution in [1.82, 2.24) is 19.2 Å². The molecule has 2 aromatic rings. The lowest BCUT2D eigenvalue weighted by Crippen LogP contribution is -2.54. The van der Waals surface area contributed by atoms with Crippen molar-refractivity contribution in [3.63, 3.8) is 0 Å². The van der Waals surface area contributed by atoms with Gasteiger partial charge in [0.1, 0.15) is 24.0 Å². The van der Waals surface area contributed by atoms with Gasteiger partial charge in [0.05, 0.1) is 10.6 Å². The first-order valence-electron chi connectivity index (χ1n) is 11.2. The van der Waals surface area contributed by atoms with E-state index in [0.717, 1.165) is 15.9 Å². The molecule has 0 radical (unpaired) electrons. The predicted molar refractivity (Wildman–Crippen MR) is 127 cm³/mol. The van der Waals surface area contributed by atoms with E-state index in [4.69, 9.17) is 10.5 Å². The molecule has 0 aliphatic carbocycles. The molecule has 1 aromatic carbocycles. The van der Waals surface area contributed by atoms with Gasteiger partial charge in [0.2, 0.25) is 11.8 Å². The van der Waals surface area contributed by atoms with Crippen LogP contribution in [0.15, 0.2) is 41.7 Å². The Hall–Kier alpha value is -3.41. The van der Waals surface area contributed by atoms with E-state index < -0.39 is 45.6 Å². The van der Waals surface area contributed by atoms with Crippen LogP contribution in [0, 0.1) is 6.92 Å². The van der Waals surface area contributed by atoms with Crippen LogP contribution in [-0.4, -0.2) is 64.4 Å². The summed E-state index contributed by atoms with van der Waals surface area (Å²) in [6.07, 6.45) is 2.53. The highest BCUT2D eigenvalue weighted by molar-refractivity contribution is 7.90. The summed E-state index contributed by atoms with van der Waals surface area (Å²) in [6, 6.07) is 4.46. The Morgan fingerprint density at radius 1 is 1.23 bits per heavy atom. The first kappa shape index (κ1) is 26.2. The zero-order chi connectivity index (χ0) is 26.0. The van der Waals surface area contributed by atoms with Crippen LogP contribution in [0.5, 0.6) is 0 Å². The van der Waals surface area contributed by atoms with E-state index in [1.807, 2.05) is 6.92 Å². The number of amides is 3. The van der Waals surface area contributed by atoms with Gasteiger partial charge in [0, 0.05) is 19.2 Å². The number of benzene rings is 1. The number of aryl methyl sites for hydroxylation is 1. The Kier molecular flexibility index (Phi) is 7.53. The van der Waals surface area contributed by atoms with Gasteiger partial charge in [0.25, 0.3) is 10.0 Å². The monoisotopic (exact) mass is 505 g/mol. The highest BCUT2D eigenvalue weighted by Crippen LogP contribution is 2.20. The lowest BCUT2D eigenvalue weighted by Gasteiger charge is -2.28. The maximum Gasteiger partial charge on any atom is 0.408 e. The van der Waals surface area contributed by atoms with Crippen LogP contribution >= 0.6 is 0 Å². The smallest absolute Gasteiger partial charge is 0.408 e. The SMILES string of the molecule is Cc1ccc(S(=O)(=O)n2cnc(CC(NC(=O)OC(C)(C)C)C(=O)N3CCCC3C(N)=O)c2)cc1. The molecule has 1 aliphatic rings. The van der Waals surface area contributed by atoms with Crippen LogP contribution in [-0.2, 0) is 30.8 Å². The number of likely N-dealkylation sites (tertiary alicyclic amines) is 1. The van der Waals surface area contributed by atoms with Gasteiger partial charge in [-0.25, -0.2) is 22.2 Å². The van der Waals surface area contributed by atoms with E-state index in [1.165, 1.54) is 23.2 Å². The molecule has 1 aromatic heterocycles. The fourth-order valence-corrected chi connectivity index (χ4v) is 4.95. The number of rotatable bonds is 7. The number of hydrogen-bond acceptors (Lipinski definition) is 7. The van der Waals surface area contributed by atoms with Gasteiger partial charge in [-0.15, -0.1) is 0 Å². The number of carbonyl (C=O) groups excluding carboxylic acids is 3. The molecule has 0 saturated carbocycles. The van der Waals surface area contributed by atoms with Crippen LogP contribution in [0.25, 0.3) is 0 Å². The van der Waals surface area contributed by atoms with Crippen LogP contribution in [0.4, 0.5) is 4.79 Å². The van der Waals surface area contributed by atoms with Crippen molar-refractivity contribution in [3.05, 3.63) is 48.0 Å². The number of hydrogen-bond donors (Lipinski definition) is 2. The average Bonchev–Trinajstić information content (AvgIpc) is 3.42. The van der Waals surface area contributed by atoms with Gasteiger partial charge >= 0.3 is 6.09 Å². The number of nitrogens with two attached hydrogens (primary N) is 1. The number of carbonyl (C=O) groups is 3. The summed E-state index contributed by atoms with van der Waals surface area (Å²) in [5, 5.41) is 2.54. The van der Waals surface area contributed by atoms with Crippen LogP contribution in [0.2, 0.25) is 0 Å². The van der Waals surface area contributed by atoms with Crippen molar-refractivity contribution in [1.29, 1.82) is 0 Å². The van der Waals surface area contributed by atoms with Crippen molar-refractivity contribution in [2.75, 3.05) is 6.54 Å². The fourth-order valence-electron chi connectivity index (χ4n) is 3.80. The van der Waals surface area contributed by atoms with Crippen molar-refractivity contribution in [3.8, 4) is 0 Å². The van der Waals surface area contributed by atoms with Crippen molar-refractivity contribution < 1.29 is 27.5 Å². The zero-order valence-corrected chi connectivity index (χ0v) is 21.0. The summed E-state index contributed by atoms with van der Waals surface area (Å²) in [5.41, 5.74) is 5.82. The van der Waals surface area contributed by atoms with Gasteiger partial charge in [-0.3, -0.25) is 9.59 Å². The summed E-state index contributed by atoms with van der Waals surface area (Å²) in [4.78, 5) is 43.2. The molecule has 12 heteroatoms. The van der Waals surface area contributed by atoms with Gasteiger partial charge in [-0.1, -0.05) is 17.7 Å². The number of nitrogens with zero attached hydrogens (tertiary/aromatic N) is 3. The van der Waals surface area contributed by atoms with E-state index in [1.54, 1.807) is 32.9 Å². The molecule has 11 nitrogen and oxygen atoms in total. The third kappa shape index (κ3) is 6.38. The Morgan fingerprint density at radius 3 is 2.49 bits per heavy atom. The largest absolute Gasteiger partial charge is 0.444 e. The van der Waals surface area contributed by atoms with E-state index in [-0.39, 0.29) is 17.0 Å². The highest BCUT2D eigenvalue weighted by Gasteiger charge is 2.37. The quantitative estimate of drug-likeness (QED) is 0.575. The molecule has 3 rings (SSSR count). The summed E-state index contributed by atoms with van der Waals surface area (Å²) in [7, 11) is -3.89. The number of primary amides is 1. The molecule has 2 heterocycles. The lowest BCUT2D eigenvalue weighted by molar-refractivity contribution is -0.139. The zero-order valence-electron chi connectivity index (χ0n) is 20.2. The predicted octanol–water partition coefficient (Wildman–Crippen LogP) is 1.34. The van der Waals surface area contributed by atoms with E-state index in [0.29, 0.717) is 19.4 Å². The molecule has 3 amide bonds. The molecule has 1 aliphatic heterocycles. The van der Waals surface area contributed by atoms with E-state index >= 15 is 0 Å². The lowest BCUT2D eigenvalue weighted by atomic mass is 10.1. The molecular formula is C23H31N5O6S. The van der Waals surface area contributed by atoms with Crippen LogP contribution < -0.4 is 11.1 Å². The third-order valence-corrected chi connectivity index (χ3v) is 7.10. The number of imidazole rings is 1. The summed E-state index contributed by atoms with van der Waals surface area (Å²) < 4.78 is 32.1. The second-order valence-corrected chi connectivity index (χ2v) is 11.4. The Morgan fingerprint density at radius 2 is 1.89 bits per heavy atom. The Labute approximate surface area is 204 Å². The van der Waals surface area contributed by atoms with Crippen LogP contribution in [0.1, 0.15) is 44.9 Å². The topological polar surface area (TPSA) is 154 Å². The van der Waals surface area contributed by atoms with Crippen molar-refractivity contribution >= 4 is 27.9 Å². The molecule has 0 spiro atoms. The highest BCUT2D eigenvalue weighted by atomic mass is 32.2. The average molecular weight is 506 g/mol. The summed E-state index contributed by atoms with van der Waals surface area (Å²) in [6.45, 7) is 7.22. The first-order valence-corrected chi connectivity index (χ1v) is 12.7. The second-order valence-electron chi connectivity index (χ2n) is 9.51. The molecule has 0 bridgehead atoms. The van der Waals surface area contributed by atoms with Gasteiger partial charge in [-0.2, -0.15) is 0 Å². The van der Waals surface area contributed by atoms with E-state index in [2.05, 4.69) is 10.3 Å². The Balaban J connectivity index is 1.85. The van der Waals surface area contributed by atoms with E-state index in [9.17, 15) is 22.8 Å².